The smallest absolute Gasteiger partial charge is 0.0857 e. The Labute approximate surface area is 49.2 Å². The van der Waals surface area contributed by atoms with Crippen LogP contribution >= 0.6 is 0 Å². The van der Waals surface area contributed by atoms with Crippen molar-refractivity contribution in [2.45, 2.75) is 31.1 Å². The average Bonchev–Trinajstić information content (AvgIpc) is 2.40. The average molecular weight is 113 g/mol. The molecule has 2 aliphatic rings. The SMILES string of the molecule is CNC1C[C@@H]2O[C@@H]2C1. The lowest BCUT2D eigenvalue weighted by Crippen LogP contribution is -2.23. The Morgan fingerprint density at radius 2 is 2.00 bits per heavy atom. The summed E-state index contributed by atoms with van der Waals surface area (Å²) >= 11 is 0. The van der Waals surface area contributed by atoms with Gasteiger partial charge in [0.15, 0.2) is 0 Å². The van der Waals surface area contributed by atoms with Gasteiger partial charge in [-0.1, -0.05) is 0 Å². The van der Waals surface area contributed by atoms with E-state index in [0.29, 0.717) is 12.2 Å². The Morgan fingerprint density at radius 3 is 2.38 bits per heavy atom. The molecule has 0 amide bonds. The van der Waals surface area contributed by atoms with Gasteiger partial charge in [-0.05, 0) is 19.9 Å². The Kier molecular flexibility index (Phi) is 0.866. The number of hydrogen-bond acceptors (Lipinski definition) is 2. The van der Waals surface area contributed by atoms with E-state index in [1.165, 1.54) is 12.8 Å². The molecular formula is C6H11NO. The van der Waals surface area contributed by atoms with Crippen molar-refractivity contribution in [2.75, 3.05) is 7.05 Å². The van der Waals surface area contributed by atoms with Crippen molar-refractivity contribution in [3.63, 3.8) is 0 Å². The molecule has 3 atom stereocenters. The van der Waals surface area contributed by atoms with Gasteiger partial charge in [0, 0.05) is 6.04 Å². The molecular weight excluding hydrogens is 102 g/mol. The molecule has 1 saturated heterocycles. The van der Waals surface area contributed by atoms with Crippen LogP contribution in [0.25, 0.3) is 0 Å². The van der Waals surface area contributed by atoms with E-state index in [1.54, 1.807) is 0 Å². The summed E-state index contributed by atoms with van der Waals surface area (Å²) in [5.74, 6) is 0. The standard InChI is InChI=1S/C6H11NO/c1-7-4-2-5-6(3-4)8-5/h4-7H,2-3H2,1H3/t4?,5-,6+. The van der Waals surface area contributed by atoms with E-state index < -0.39 is 0 Å². The molecule has 1 saturated carbocycles. The molecule has 0 aromatic heterocycles. The topological polar surface area (TPSA) is 24.6 Å². The monoisotopic (exact) mass is 113 g/mol. The molecule has 2 nitrogen and oxygen atoms in total. The van der Waals surface area contributed by atoms with Gasteiger partial charge in [-0.15, -0.1) is 0 Å². The highest BCUT2D eigenvalue weighted by molar-refractivity contribution is 4.98. The molecule has 1 N–H and O–H groups in total. The first-order valence-electron chi connectivity index (χ1n) is 3.23. The van der Waals surface area contributed by atoms with Crippen LogP contribution in [-0.4, -0.2) is 25.3 Å². The number of ether oxygens (including phenoxy) is 1. The third-order valence-corrected chi connectivity index (χ3v) is 2.13. The van der Waals surface area contributed by atoms with Crippen molar-refractivity contribution in [2.24, 2.45) is 0 Å². The molecule has 0 radical (unpaired) electrons. The predicted molar refractivity (Wildman–Crippen MR) is 30.7 cm³/mol. The number of fused-ring (bicyclic) bond motifs is 1. The molecule has 0 bridgehead atoms. The van der Waals surface area contributed by atoms with Crippen LogP contribution in [0.3, 0.4) is 0 Å². The quantitative estimate of drug-likeness (QED) is 0.489. The minimum Gasteiger partial charge on any atom is -0.369 e. The van der Waals surface area contributed by atoms with Gasteiger partial charge in [-0.2, -0.15) is 0 Å². The lowest BCUT2D eigenvalue weighted by Gasteiger charge is -2.07. The second-order valence-corrected chi connectivity index (χ2v) is 2.67. The van der Waals surface area contributed by atoms with Gasteiger partial charge in [0.1, 0.15) is 0 Å². The first-order valence-corrected chi connectivity index (χ1v) is 3.23. The van der Waals surface area contributed by atoms with E-state index in [2.05, 4.69) is 5.32 Å². The first kappa shape index (κ1) is 4.77. The van der Waals surface area contributed by atoms with Crippen LogP contribution in [0.4, 0.5) is 0 Å². The van der Waals surface area contributed by atoms with E-state index in [0.717, 1.165) is 6.04 Å². The van der Waals surface area contributed by atoms with E-state index >= 15 is 0 Å². The maximum atomic E-state index is 5.24. The highest BCUT2D eigenvalue weighted by Crippen LogP contribution is 2.37. The minimum atomic E-state index is 0.632. The molecule has 2 fully saturated rings. The highest BCUT2D eigenvalue weighted by Gasteiger charge is 2.47. The largest absolute Gasteiger partial charge is 0.369 e. The lowest BCUT2D eigenvalue weighted by molar-refractivity contribution is 0.291. The summed E-state index contributed by atoms with van der Waals surface area (Å²) in [6.45, 7) is 0. The lowest BCUT2D eigenvalue weighted by atomic mass is 10.2. The molecule has 2 rings (SSSR count). The van der Waals surface area contributed by atoms with Gasteiger partial charge >= 0.3 is 0 Å². The second-order valence-electron chi connectivity index (χ2n) is 2.67. The molecule has 8 heavy (non-hydrogen) atoms. The summed E-state index contributed by atoms with van der Waals surface area (Å²) in [5, 5.41) is 3.24. The molecule has 0 spiro atoms. The van der Waals surface area contributed by atoms with Crippen molar-refractivity contribution in [3.05, 3.63) is 0 Å². The summed E-state index contributed by atoms with van der Waals surface area (Å²) < 4.78 is 5.24. The molecule has 1 aliphatic carbocycles. The Balaban J connectivity index is 1.89. The van der Waals surface area contributed by atoms with E-state index in [4.69, 9.17) is 4.74 Å². The highest BCUT2D eigenvalue weighted by atomic mass is 16.6. The minimum absolute atomic E-state index is 0.632. The van der Waals surface area contributed by atoms with Gasteiger partial charge < -0.3 is 10.1 Å². The van der Waals surface area contributed by atoms with Crippen molar-refractivity contribution < 1.29 is 4.74 Å². The van der Waals surface area contributed by atoms with E-state index in [9.17, 15) is 0 Å². The number of nitrogens with one attached hydrogen (secondary N) is 1. The van der Waals surface area contributed by atoms with Crippen molar-refractivity contribution >= 4 is 0 Å². The zero-order valence-electron chi connectivity index (χ0n) is 5.05. The van der Waals surface area contributed by atoms with Crippen LogP contribution < -0.4 is 5.32 Å². The molecule has 46 valence electrons. The Hall–Kier alpha value is -0.0800. The summed E-state index contributed by atoms with van der Waals surface area (Å²) in [5.41, 5.74) is 0. The first-order chi connectivity index (χ1) is 3.90. The fourth-order valence-electron chi connectivity index (χ4n) is 1.49. The van der Waals surface area contributed by atoms with Crippen molar-refractivity contribution in [3.8, 4) is 0 Å². The third kappa shape index (κ3) is 0.565. The molecule has 1 unspecified atom stereocenters. The molecule has 1 aliphatic heterocycles. The summed E-state index contributed by atoms with van der Waals surface area (Å²) in [6.07, 6.45) is 3.74. The number of epoxide rings is 1. The second kappa shape index (κ2) is 1.45. The van der Waals surface area contributed by atoms with Gasteiger partial charge in [-0.3, -0.25) is 0 Å². The van der Waals surface area contributed by atoms with Crippen LogP contribution in [0.2, 0.25) is 0 Å². The van der Waals surface area contributed by atoms with Crippen LogP contribution in [0.1, 0.15) is 12.8 Å². The summed E-state index contributed by atoms with van der Waals surface area (Å²) in [6, 6.07) is 0.749. The van der Waals surface area contributed by atoms with E-state index in [1.807, 2.05) is 7.05 Å². The molecule has 2 heteroatoms. The van der Waals surface area contributed by atoms with Gasteiger partial charge in [-0.25, -0.2) is 0 Å². The maximum Gasteiger partial charge on any atom is 0.0857 e. The summed E-state index contributed by atoms with van der Waals surface area (Å²) in [7, 11) is 2.02. The Morgan fingerprint density at radius 1 is 1.38 bits per heavy atom. The molecule has 0 aromatic rings. The third-order valence-electron chi connectivity index (χ3n) is 2.13. The fourth-order valence-corrected chi connectivity index (χ4v) is 1.49. The number of rotatable bonds is 1. The fraction of sp³-hybridized carbons (Fsp3) is 1.00. The van der Waals surface area contributed by atoms with Gasteiger partial charge in [0.25, 0.3) is 0 Å². The van der Waals surface area contributed by atoms with Gasteiger partial charge in [0.2, 0.25) is 0 Å². The zero-order chi connectivity index (χ0) is 5.56. The predicted octanol–water partition coefficient (Wildman–Crippen LogP) is 0.136. The van der Waals surface area contributed by atoms with Crippen LogP contribution in [0.5, 0.6) is 0 Å². The normalized spacial score (nSPS) is 51.4. The van der Waals surface area contributed by atoms with Crippen LogP contribution in [-0.2, 0) is 4.74 Å². The molecule has 0 aromatic carbocycles. The van der Waals surface area contributed by atoms with Crippen LogP contribution in [0.15, 0.2) is 0 Å². The van der Waals surface area contributed by atoms with Crippen molar-refractivity contribution in [1.29, 1.82) is 0 Å². The molecule has 1 heterocycles. The van der Waals surface area contributed by atoms with Gasteiger partial charge in [0.05, 0.1) is 12.2 Å². The summed E-state index contributed by atoms with van der Waals surface area (Å²) in [4.78, 5) is 0. The maximum absolute atomic E-state index is 5.24. The zero-order valence-corrected chi connectivity index (χ0v) is 5.05. The number of hydrogen-bond donors (Lipinski definition) is 1. The Bertz CT molecular complexity index is 94.7. The van der Waals surface area contributed by atoms with E-state index in [-0.39, 0.29) is 0 Å². The van der Waals surface area contributed by atoms with Crippen LogP contribution in [0, 0.1) is 0 Å². The van der Waals surface area contributed by atoms with Crippen molar-refractivity contribution in [1.82, 2.24) is 5.32 Å².